The quantitative estimate of drug-likeness (QED) is 0.733. The number of hydrogen-bond donors (Lipinski definition) is 2. The lowest BCUT2D eigenvalue weighted by Crippen LogP contribution is -2.52. The van der Waals surface area contributed by atoms with E-state index in [1.54, 1.807) is 0 Å². The van der Waals surface area contributed by atoms with Crippen molar-refractivity contribution in [3.63, 3.8) is 0 Å². The summed E-state index contributed by atoms with van der Waals surface area (Å²) in [5, 5.41) is 9.30. The summed E-state index contributed by atoms with van der Waals surface area (Å²) in [6.45, 7) is 1.92. The maximum atomic E-state index is 12.3. The molecular weight excluding hydrogens is 266 g/mol. The number of aliphatic hydroxyl groups is 1. The molecule has 2 heterocycles. The summed E-state index contributed by atoms with van der Waals surface area (Å²) in [5.41, 5.74) is 0. The van der Waals surface area contributed by atoms with Crippen LogP contribution in [0.25, 0.3) is 0 Å². The molecule has 2 unspecified atom stereocenters. The first kappa shape index (κ1) is 15.2. The molecule has 0 aliphatic carbocycles. The fourth-order valence-corrected chi connectivity index (χ4v) is 4.50. The smallest absolute Gasteiger partial charge is 0.279 e. The molecule has 2 N–H and O–H groups in total. The largest absolute Gasteiger partial charge is 0.395 e. The Morgan fingerprint density at radius 2 is 1.89 bits per heavy atom. The minimum atomic E-state index is -3.46. The molecule has 2 aliphatic rings. The first-order chi connectivity index (χ1) is 9.04. The SMILES string of the molecule is CN1CCCC1CNS(=O)(=O)N1CCCCC1CO. The second kappa shape index (κ2) is 6.49. The van der Waals surface area contributed by atoms with Crippen molar-refractivity contribution in [2.75, 3.05) is 33.3 Å². The van der Waals surface area contributed by atoms with E-state index in [4.69, 9.17) is 0 Å². The summed E-state index contributed by atoms with van der Waals surface area (Å²) in [6, 6.07) is 0.0414. The van der Waals surface area contributed by atoms with Crippen molar-refractivity contribution < 1.29 is 13.5 Å². The highest BCUT2D eigenvalue weighted by molar-refractivity contribution is 7.87. The molecule has 0 radical (unpaired) electrons. The predicted octanol–water partition coefficient (Wildman–Crippen LogP) is -0.238. The van der Waals surface area contributed by atoms with E-state index >= 15 is 0 Å². The van der Waals surface area contributed by atoms with Crippen LogP contribution in [0.1, 0.15) is 32.1 Å². The van der Waals surface area contributed by atoms with Gasteiger partial charge in [-0.25, -0.2) is 4.72 Å². The molecule has 2 saturated heterocycles. The summed E-state index contributed by atoms with van der Waals surface area (Å²) in [5.74, 6) is 0. The van der Waals surface area contributed by atoms with Gasteiger partial charge in [-0.05, 0) is 39.3 Å². The van der Waals surface area contributed by atoms with Crippen LogP contribution in [0.15, 0.2) is 0 Å². The number of hydrogen-bond acceptors (Lipinski definition) is 4. The summed E-state index contributed by atoms with van der Waals surface area (Å²) in [4.78, 5) is 2.20. The van der Waals surface area contributed by atoms with Crippen molar-refractivity contribution in [3.8, 4) is 0 Å². The Hall–Kier alpha value is -0.210. The fourth-order valence-electron chi connectivity index (χ4n) is 2.99. The van der Waals surface area contributed by atoms with Crippen LogP contribution >= 0.6 is 0 Å². The lowest BCUT2D eigenvalue weighted by molar-refractivity contribution is 0.153. The van der Waals surface area contributed by atoms with Crippen molar-refractivity contribution >= 4 is 10.2 Å². The van der Waals surface area contributed by atoms with Gasteiger partial charge in [0.15, 0.2) is 0 Å². The van der Waals surface area contributed by atoms with Gasteiger partial charge < -0.3 is 10.0 Å². The van der Waals surface area contributed by atoms with E-state index in [1.807, 2.05) is 7.05 Å². The minimum Gasteiger partial charge on any atom is -0.395 e. The standard InChI is InChI=1S/C12H25N3O3S/c1-14-7-4-6-11(14)9-13-19(17,18)15-8-3-2-5-12(15)10-16/h11-13,16H,2-10H2,1H3. The fraction of sp³-hybridized carbons (Fsp3) is 1.00. The van der Waals surface area contributed by atoms with Crippen LogP contribution in [0.5, 0.6) is 0 Å². The third kappa shape index (κ3) is 3.66. The summed E-state index contributed by atoms with van der Waals surface area (Å²) >= 11 is 0. The Balaban J connectivity index is 1.93. The van der Waals surface area contributed by atoms with E-state index in [9.17, 15) is 13.5 Å². The predicted molar refractivity (Wildman–Crippen MR) is 74.0 cm³/mol. The van der Waals surface area contributed by atoms with Crippen LogP contribution < -0.4 is 4.72 Å². The second-order valence-electron chi connectivity index (χ2n) is 5.57. The molecule has 2 rings (SSSR count). The van der Waals surface area contributed by atoms with E-state index < -0.39 is 10.2 Å². The van der Waals surface area contributed by atoms with Crippen LogP contribution in [0.2, 0.25) is 0 Å². The minimum absolute atomic E-state index is 0.0930. The Morgan fingerprint density at radius 3 is 2.53 bits per heavy atom. The second-order valence-corrected chi connectivity index (χ2v) is 7.28. The van der Waals surface area contributed by atoms with Crippen LogP contribution in [0.4, 0.5) is 0 Å². The molecule has 2 fully saturated rings. The number of likely N-dealkylation sites (N-methyl/N-ethyl adjacent to an activating group) is 1. The number of nitrogens with one attached hydrogen (secondary N) is 1. The molecule has 112 valence electrons. The molecule has 0 aromatic heterocycles. The van der Waals surface area contributed by atoms with Crippen molar-refractivity contribution in [1.29, 1.82) is 0 Å². The van der Waals surface area contributed by atoms with Gasteiger partial charge in [0.1, 0.15) is 0 Å². The van der Waals surface area contributed by atoms with E-state index in [2.05, 4.69) is 9.62 Å². The molecule has 0 amide bonds. The third-order valence-corrected chi connectivity index (χ3v) is 5.90. The Morgan fingerprint density at radius 1 is 1.16 bits per heavy atom. The third-order valence-electron chi connectivity index (χ3n) is 4.27. The lowest BCUT2D eigenvalue weighted by atomic mass is 10.1. The summed E-state index contributed by atoms with van der Waals surface area (Å²) in [6.07, 6.45) is 4.79. The molecule has 19 heavy (non-hydrogen) atoms. The molecule has 0 aromatic rings. The molecule has 0 aromatic carbocycles. The Kier molecular flexibility index (Phi) is 5.19. The van der Waals surface area contributed by atoms with E-state index in [-0.39, 0.29) is 12.6 Å². The summed E-state index contributed by atoms with van der Waals surface area (Å²) in [7, 11) is -1.43. The number of piperidine rings is 1. The van der Waals surface area contributed by atoms with Crippen LogP contribution in [-0.2, 0) is 10.2 Å². The molecule has 0 spiro atoms. The maximum Gasteiger partial charge on any atom is 0.279 e. The average Bonchev–Trinajstić information content (AvgIpc) is 2.82. The first-order valence-corrected chi connectivity index (χ1v) is 8.56. The zero-order valence-electron chi connectivity index (χ0n) is 11.6. The van der Waals surface area contributed by atoms with Crippen LogP contribution in [-0.4, -0.2) is 68.1 Å². The zero-order chi connectivity index (χ0) is 13.9. The Labute approximate surface area is 116 Å². The topological polar surface area (TPSA) is 72.9 Å². The molecule has 2 atom stereocenters. The Bertz CT molecular complexity index is 388. The van der Waals surface area contributed by atoms with Crippen LogP contribution in [0, 0.1) is 0 Å². The number of likely N-dealkylation sites (tertiary alicyclic amines) is 1. The molecule has 0 bridgehead atoms. The molecule has 7 heteroatoms. The van der Waals surface area contributed by atoms with Gasteiger partial charge >= 0.3 is 0 Å². The molecule has 6 nitrogen and oxygen atoms in total. The van der Waals surface area contributed by atoms with Gasteiger partial charge in [0.2, 0.25) is 0 Å². The van der Waals surface area contributed by atoms with Crippen molar-refractivity contribution in [2.45, 2.75) is 44.2 Å². The van der Waals surface area contributed by atoms with E-state index in [0.29, 0.717) is 19.1 Å². The molecule has 0 saturated carbocycles. The van der Waals surface area contributed by atoms with Crippen molar-refractivity contribution in [3.05, 3.63) is 0 Å². The van der Waals surface area contributed by atoms with Crippen molar-refractivity contribution in [1.82, 2.24) is 13.9 Å². The van der Waals surface area contributed by atoms with Crippen molar-refractivity contribution in [2.24, 2.45) is 0 Å². The van der Waals surface area contributed by atoms with Crippen LogP contribution in [0.3, 0.4) is 0 Å². The number of rotatable bonds is 5. The maximum absolute atomic E-state index is 12.3. The zero-order valence-corrected chi connectivity index (χ0v) is 12.4. The molecular formula is C12H25N3O3S. The summed E-state index contributed by atoms with van der Waals surface area (Å²) < 4.78 is 28.8. The average molecular weight is 291 g/mol. The monoisotopic (exact) mass is 291 g/mol. The highest BCUT2D eigenvalue weighted by Crippen LogP contribution is 2.20. The van der Waals surface area contributed by atoms with Gasteiger partial charge in [0.25, 0.3) is 10.2 Å². The van der Waals surface area contributed by atoms with Gasteiger partial charge in [-0.15, -0.1) is 0 Å². The van der Waals surface area contributed by atoms with Gasteiger partial charge in [-0.2, -0.15) is 12.7 Å². The van der Waals surface area contributed by atoms with Gasteiger partial charge in [-0.1, -0.05) is 6.42 Å². The number of aliphatic hydroxyl groups excluding tert-OH is 1. The lowest BCUT2D eigenvalue weighted by Gasteiger charge is -2.34. The van der Waals surface area contributed by atoms with Gasteiger partial charge in [0, 0.05) is 25.2 Å². The highest BCUT2D eigenvalue weighted by Gasteiger charge is 2.32. The highest BCUT2D eigenvalue weighted by atomic mass is 32.2. The first-order valence-electron chi connectivity index (χ1n) is 7.12. The molecule has 2 aliphatic heterocycles. The van der Waals surface area contributed by atoms with E-state index in [0.717, 1.165) is 38.6 Å². The van der Waals surface area contributed by atoms with Gasteiger partial charge in [-0.3, -0.25) is 0 Å². The van der Waals surface area contributed by atoms with Gasteiger partial charge in [0.05, 0.1) is 6.61 Å². The normalized spacial score (nSPS) is 30.8. The van der Waals surface area contributed by atoms with E-state index in [1.165, 1.54) is 4.31 Å². The number of nitrogens with zero attached hydrogens (tertiary/aromatic N) is 2.